The summed E-state index contributed by atoms with van der Waals surface area (Å²) < 4.78 is 4.73. The maximum Gasteiger partial charge on any atom is 0.340 e. The third-order valence-corrected chi connectivity index (χ3v) is 3.04. The van der Waals surface area contributed by atoms with Gasteiger partial charge in [0.15, 0.2) is 0 Å². The maximum absolute atomic E-state index is 11.9. The quantitative estimate of drug-likeness (QED) is 0.637. The number of methoxy groups -OCH3 is 1. The van der Waals surface area contributed by atoms with Gasteiger partial charge in [0.2, 0.25) is 5.91 Å². The van der Waals surface area contributed by atoms with Crippen LogP contribution >= 0.6 is 0 Å². The first-order chi connectivity index (χ1) is 8.63. The van der Waals surface area contributed by atoms with Gasteiger partial charge in [-0.2, -0.15) is 0 Å². The molecule has 0 bridgehead atoms. The molecule has 5 heteroatoms. The van der Waals surface area contributed by atoms with Crippen LogP contribution in [0, 0.1) is 0 Å². The summed E-state index contributed by atoms with van der Waals surface area (Å²) in [6.45, 7) is 0.632. The zero-order chi connectivity index (χ0) is 13.1. The lowest BCUT2D eigenvalue weighted by Gasteiger charge is -2.28. The van der Waals surface area contributed by atoms with E-state index in [-0.39, 0.29) is 5.91 Å². The first kappa shape index (κ1) is 12.4. The number of carbonyl (C=O) groups excluding carboxylic acids is 2. The molecule has 1 aliphatic rings. The van der Waals surface area contributed by atoms with Crippen molar-refractivity contribution < 1.29 is 14.3 Å². The lowest BCUT2D eigenvalue weighted by molar-refractivity contribution is -0.119. The first-order valence-electron chi connectivity index (χ1n) is 5.91. The van der Waals surface area contributed by atoms with Crippen molar-refractivity contribution >= 4 is 23.3 Å². The summed E-state index contributed by atoms with van der Waals surface area (Å²) in [6.07, 6.45) is 2.36. The number of hydrogen-bond acceptors (Lipinski definition) is 4. The smallest absolute Gasteiger partial charge is 0.340 e. The Morgan fingerprint density at radius 3 is 2.83 bits per heavy atom. The van der Waals surface area contributed by atoms with E-state index in [1.54, 1.807) is 23.1 Å². The van der Waals surface area contributed by atoms with Crippen LogP contribution in [0.3, 0.4) is 0 Å². The molecule has 1 fully saturated rings. The second-order valence-corrected chi connectivity index (χ2v) is 4.27. The number of amides is 1. The number of benzene rings is 1. The summed E-state index contributed by atoms with van der Waals surface area (Å²) in [5.41, 5.74) is 7.07. The fourth-order valence-corrected chi connectivity index (χ4v) is 2.12. The lowest BCUT2D eigenvalue weighted by Crippen LogP contribution is -2.36. The number of nitrogens with zero attached hydrogens (tertiary/aromatic N) is 1. The van der Waals surface area contributed by atoms with Gasteiger partial charge in [0, 0.05) is 18.7 Å². The lowest BCUT2D eigenvalue weighted by atomic mass is 10.1. The number of rotatable bonds is 2. The molecule has 1 aromatic rings. The highest BCUT2D eigenvalue weighted by molar-refractivity contribution is 6.03. The van der Waals surface area contributed by atoms with Gasteiger partial charge in [-0.25, -0.2) is 4.79 Å². The van der Waals surface area contributed by atoms with Crippen molar-refractivity contribution in [2.45, 2.75) is 19.3 Å². The standard InChI is InChI=1S/C13H16N2O3/c1-18-13(17)10-8-9(14)5-6-11(10)15-7-3-2-4-12(15)16/h5-6,8H,2-4,7,14H2,1H3. The average molecular weight is 248 g/mol. The average Bonchev–Trinajstić information content (AvgIpc) is 2.39. The molecule has 2 N–H and O–H groups in total. The minimum absolute atomic E-state index is 0.0381. The number of carbonyl (C=O) groups is 2. The molecular formula is C13H16N2O3. The van der Waals surface area contributed by atoms with Gasteiger partial charge in [-0.15, -0.1) is 0 Å². The van der Waals surface area contributed by atoms with Crippen molar-refractivity contribution in [3.05, 3.63) is 23.8 Å². The maximum atomic E-state index is 11.9. The normalized spacial score (nSPS) is 15.6. The Balaban J connectivity index is 2.42. The second kappa shape index (κ2) is 5.08. The van der Waals surface area contributed by atoms with Crippen LogP contribution in [0.25, 0.3) is 0 Å². The van der Waals surface area contributed by atoms with Crippen molar-refractivity contribution in [1.29, 1.82) is 0 Å². The van der Waals surface area contributed by atoms with Crippen LogP contribution in [-0.2, 0) is 9.53 Å². The Bertz CT molecular complexity index is 485. The molecule has 1 amide bonds. The number of nitrogen functional groups attached to an aromatic ring is 1. The highest BCUT2D eigenvalue weighted by Gasteiger charge is 2.24. The van der Waals surface area contributed by atoms with E-state index in [4.69, 9.17) is 10.5 Å². The molecule has 18 heavy (non-hydrogen) atoms. The van der Waals surface area contributed by atoms with Crippen molar-refractivity contribution in [3.8, 4) is 0 Å². The molecule has 0 spiro atoms. The zero-order valence-electron chi connectivity index (χ0n) is 10.3. The summed E-state index contributed by atoms with van der Waals surface area (Å²) in [4.78, 5) is 25.2. The molecule has 0 radical (unpaired) electrons. The summed E-state index contributed by atoms with van der Waals surface area (Å²) in [5.74, 6) is -0.438. The molecule has 5 nitrogen and oxygen atoms in total. The molecule has 2 rings (SSSR count). The van der Waals surface area contributed by atoms with Crippen LogP contribution in [0.15, 0.2) is 18.2 Å². The summed E-state index contributed by atoms with van der Waals surface area (Å²) >= 11 is 0. The molecule has 0 unspecified atom stereocenters. The Kier molecular flexibility index (Phi) is 3.50. The molecule has 0 atom stereocenters. The SMILES string of the molecule is COC(=O)c1cc(N)ccc1N1CCCCC1=O. The van der Waals surface area contributed by atoms with Gasteiger partial charge in [0.1, 0.15) is 0 Å². The predicted octanol–water partition coefficient (Wildman–Crippen LogP) is 1.57. The Morgan fingerprint density at radius 2 is 2.17 bits per heavy atom. The van der Waals surface area contributed by atoms with Crippen molar-refractivity contribution in [3.63, 3.8) is 0 Å². The van der Waals surface area contributed by atoms with E-state index in [1.807, 2.05) is 0 Å². The number of esters is 1. The van der Waals surface area contributed by atoms with Gasteiger partial charge in [-0.05, 0) is 31.0 Å². The third kappa shape index (κ3) is 2.30. The topological polar surface area (TPSA) is 72.6 Å². The minimum Gasteiger partial charge on any atom is -0.465 e. The van der Waals surface area contributed by atoms with Gasteiger partial charge in [0.25, 0.3) is 0 Å². The minimum atomic E-state index is -0.476. The molecule has 96 valence electrons. The van der Waals surface area contributed by atoms with Crippen LogP contribution in [0.5, 0.6) is 0 Å². The summed E-state index contributed by atoms with van der Waals surface area (Å²) in [7, 11) is 1.31. The Morgan fingerprint density at radius 1 is 1.39 bits per heavy atom. The fraction of sp³-hybridized carbons (Fsp3) is 0.385. The first-order valence-corrected chi connectivity index (χ1v) is 5.91. The number of ether oxygens (including phenoxy) is 1. The molecule has 0 aliphatic carbocycles. The molecule has 1 saturated heterocycles. The molecular weight excluding hydrogens is 232 g/mol. The van der Waals surface area contributed by atoms with Crippen molar-refractivity contribution in [2.75, 3.05) is 24.3 Å². The summed E-state index contributed by atoms with van der Waals surface area (Å²) in [6, 6.07) is 4.93. The highest BCUT2D eigenvalue weighted by atomic mass is 16.5. The zero-order valence-corrected chi connectivity index (χ0v) is 10.3. The Hall–Kier alpha value is -2.04. The van der Waals surface area contributed by atoms with E-state index >= 15 is 0 Å². The summed E-state index contributed by atoms with van der Waals surface area (Å²) in [5, 5.41) is 0. The predicted molar refractivity (Wildman–Crippen MR) is 68.4 cm³/mol. The molecule has 1 aromatic carbocycles. The van der Waals surface area contributed by atoms with E-state index in [2.05, 4.69) is 0 Å². The largest absolute Gasteiger partial charge is 0.465 e. The van der Waals surface area contributed by atoms with E-state index in [9.17, 15) is 9.59 Å². The van der Waals surface area contributed by atoms with Gasteiger partial charge < -0.3 is 15.4 Å². The molecule has 0 saturated carbocycles. The van der Waals surface area contributed by atoms with Crippen LogP contribution in [0.4, 0.5) is 11.4 Å². The van der Waals surface area contributed by atoms with Crippen LogP contribution in [0.1, 0.15) is 29.6 Å². The van der Waals surface area contributed by atoms with Crippen LogP contribution in [-0.4, -0.2) is 25.5 Å². The van der Waals surface area contributed by atoms with Crippen LogP contribution in [0.2, 0.25) is 0 Å². The van der Waals surface area contributed by atoms with E-state index in [0.717, 1.165) is 12.8 Å². The fourth-order valence-electron chi connectivity index (χ4n) is 2.12. The van der Waals surface area contributed by atoms with Crippen LogP contribution < -0.4 is 10.6 Å². The van der Waals surface area contributed by atoms with Crippen molar-refractivity contribution in [1.82, 2.24) is 0 Å². The molecule has 1 aliphatic heterocycles. The van der Waals surface area contributed by atoms with Gasteiger partial charge in [-0.3, -0.25) is 4.79 Å². The third-order valence-electron chi connectivity index (χ3n) is 3.04. The van der Waals surface area contributed by atoms with E-state index in [0.29, 0.717) is 29.9 Å². The van der Waals surface area contributed by atoms with Crippen molar-refractivity contribution in [2.24, 2.45) is 0 Å². The number of hydrogen-bond donors (Lipinski definition) is 1. The van der Waals surface area contributed by atoms with E-state index < -0.39 is 5.97 Å². The van der Waals surface area contributed by atoms with E-state index in [1.165, 1.54) is 7.11 Å². The highest BCUT2D eigenvalue weighted by Crippen LogP contribution is 2.27. The molecule has 0 aromatic heterocycles. The molecule has 1 heterocycles. The number of anilines is 2. The van der Waals surface area contributed by atoms with Gasteiger partial charge in [0.05, 0.1) is 18.4 Å². The number of nitrogens with two attached hydrogens (primary N) is 1. The van der Waals surface area contributed by atoms with Gasteiger partial charge >= 0.3 is 5.97 Å². The Labute approximate surface area is 106 Å². The van der Waals surface area contributed by atoms with Gasteiger partial charge in [-0.1, -0.05) is 0 Å². The monoisotopic (exact) mass is 248 g/mol. The second-order valence-electron chi connectivity index (χ2n) is 4.27. The number of piperidine rings is 1.